The van der Waals surface area contributed by atoms with Crippen LogP contribution >= 0.6 is 0 Å². The van der Waals surface area contributed by atoms with Crippen molar-refractivity contribution < 1.29 is 8.42 Å². The Hall–Kier alpha value is -1.76. The average molecular weight is 282 g/mol. The molecule has 0 bridgehead atoms. The molecule has 1 aromatic rings. The molecule has 1 aliphatic rings. The van der Waals surface area contributed by atoms with Crippen molar-refractivity contribution in [2.45, 2.75) is 30.2 Å². The number of anilines is 1. The summed E-state index contributed by atoms with van der Waals surface area (Å²) >= 11 is 0. The van der Waals surface area contributed by atoms with Gasteiger partial charge in [0.2, 0.25) is 16.0 Å². The zero-order valence-corrected chi connectivity index (χ0v) is 11.0. The maximum Gasteiger partial charge on any atom is 0.246 e. The third-order valence-electron chi connectivity index (χ3n) is 2.76. The minimum atomic E-state index is -3.65. The zero-order chi connectivity index (χ0) is 13.9. The Kier molecular flexibility index (Phi) is 3.94. The van der Waals surface area contributed by atoms with Crippen molar-refractivity contribution in [2.75, 3.05) is 12.0 Å². The van der Waals surface area contributed by atoms with Gasteiger partial charge in [-0.2, -0.15) is 9.57 Å². The normalized spacial score (nSPS) is 15.2. The lowest BCUT2D eigenvalue weighted by atomic mass is 10.4. The maximum absolute atomic E-state index is 12.4. The first kappa shape index (κ1) is 13.7. The molecule has 0 unspecified atom stereocenters. The molecule has 1 saturated carbocycles. The van der Waals surface area contributed by atoms with E-state index in [1.807, 2.05) is 6.07 Å². The second-order valence-electron chi connectivity index (χ2n) is 4.14. The van der Waals surface area contributed by atoms with E-state index in [0.29, 0.717) is 0 Å². The van der Waals surface area contributed by atoms with Gasteiger partial charge in [-0.3, -0.25) is 5.43 Å². The maximum atomic E-state index is 12.4. The number of nitrogens with two attached hydrogens (primary N) is 1. The number of hydrogen-bond donors (Lipinski definition) is 2. The standard InChI is InChI=1S/C10H14N6O2S/c11-4-1-5-16(8-2-3-8)19(17,18)9-6-13-10(15-12)14-7-9/h6-8H,1-3,5,12H2,(H,13,14,15). The number of nitriles is 1. The summed E-state index contributed by atoms with van der Waals surface area (Å²) in [5.74, 6) is 5.27. The SMILES string of the molecule is N#CCCN(C1CC1)S(=O)(=O)c1cnc(NN)nc1. The van der Waals surface area contributed by atoms with E-state index in [1.165, 1.54) is 16.7 Å². The van der Waals surface area contributed by atoms with Crippen molar-refractivity contribution in [2.24, 2.45) is 5.84 Å². The first-order chi connectivity index (χ1) is 9.09. The zero-order valence-electron chi connectivity index (χ0n) is 10.2. The molecular weight excluding hydrogens is 268 g/mol. The quantitative estimate of drug-likeness (QED) is 0.548. The Balaban J connectivity index is 2.25. The minimum absolute atomic E-state index is 0.00865. The van der Waals surface area contributed by atoms with Crippen LogP contribution in [0.1, 0.15) is 19.3 Å². The summed E-state index contributed by atoms with van der Waals surface area (Å²) in [5, 5.41) is 8.60. The van der Waals surface area contributed by atoms with Gasteiger partial charge in [0.15, 0.2) is 0 Å². The summed E-state index contributed by atoms with van der Waals surface area (Å²) in [7, 11) is -3.65. The molecule has 3 N–H and O–H groups in total. The van der Waals surface area contributed by atoms with E-state index in [-0.39, 0.29) is 29.9 Å². The highest BCUT2D eigenvalue weighted by molar-refractivity contribution is 7.89. The van der Waals surface area contributed by atoms with Gasteiger partial charge < -0.3 is 0 Å². The molecule has 0 atom stereocenters. The van der Waals surface area contributed by atoms with E-state index in [0.717, 1.165) is 12.8 Å². The average Bonchev–Trinajstić information content (AvgIpc) is 3.23. The number of aromatic nitrogens is 2. The highest BCUT2D eigenvalue weighted by Gasteiger charge is 2.37. The van der Waals surface area contributed by atoms with Gasteiger partial charge in [0.25, 0.3) is 0 Å². The molecule has 0 aliphatic heterocycles. The predicted octanol–water partition coefficient (Wildman–Crippen LogP) is -0.171. The minimum Gasteiger partial charge on any atom is -0.292 e. The van der Waals surface area contributed by atoms with E-state index < -0.39 is 10.0 Å². The van der Waals surface area contributed by atoms with E-state index in [2.05, 4.69) is 15.4 Å². The largest absolute Gasteiger partial charge is 0.292 e. The number of sulfonamides is 1. The van der Waals surface area contributed by atoms with Crippen LogP contribution in [0.15, 0.2) is 17.3 Å². The van der Waals surface area contributed by atoms with Gasteiger partial charge in [-0.1, -0.05) is 0 Å². The molecule has 8 nitrogen and oxygen atoms in total. The van der Waals surface area contributed by atoms with E-state index in [1.54, 1.807) is 0 Å². The molecule has 1 heterocycles. The van der Waals surface area contributed by atoms with Gasteiger partial charge in [-0.25, -0.2) is 24.2 Å². The first-order valence-corrected chi connectivity index (χ1v) is 7.21. The summed E-state index contributed by atoms with van der Waals surface area (Å²) in [4.78, 5) is 7.59. The number of nitrogens with zero attached hydrogens (tertiary/aromatic N) is 4. The highest BCUT2D eigenvalue weighted by Crippen LogP contribution is 2.31. The van der Waals surface area contributed by atoms with Gasteiger partial charge in [0.05, 0.1) is 18.5 Å². The van der Waals surface area contributed by atoms with Crippen LogP contribution in [0, 0.1) is 11.3 Å². The summed E-state index contributed by atoms with van der Waals surface area (Å²) in [6.45, 7) is 0.195. The van der Waals surface area contributed by atoms with Crippen molar-refractivity contribution >= 4 is 16.0 Å². The number of hydrazine groups is 1. The molecule has 102 valence electrons. The second-order valence-corrected chi connectivity index (χ2v) is 6.03. The van der Waals surface area contributed by atoms with Crippen LogP contribution in [0.4, 0.5) is 5.95 Å². The Bertz CT molecular complexity index is 575. The monoisotopic (exact) mass is 282 g/mol. The van der Waals surface area contributed by atoms with E-state index in [9.17, 15) is 8.42 Å². The lowest BCUT2D eigenvalue weighted by Gasteiger charge is -2.20. The van der Waals surface area contributed by atoms with Crippen LogP contribution in [0.25, 0.3) is 0 Å². The summed E-state index contributed by atoms with van der Waals surface area (Å²) < 4.78 is 26.2. The van der Waals surface area contributed by atoms with Crippen LogP contribution < -0.4 is 11.3 Å². The molecule has 19 heavy (non-hydrogen) atoms. The Morgan fingerprint density at radius 3 is 2.58 bits per heavy atom. The molecule has 0 amide bonds. The number of rotatable bonds is 6. The molecule has 0 radical (unpaired) electrons. The lowest BCUT2D eigenvalue weighted by molar-refractivity contribution is 0.410. The second kappa shape index (κ2) is 5.48. The molecule has 2 rings (SSSR count). The van der Waals surface area contributed by atoms with Gasteiger partial charge in [-0.05, 0) is 12.8 Å². The lowest BCUT2D eigenvalue weighted by Crippen LogP contribution is -2.34. The fourth-order valence-electron chi connectivity index (χ4n) is 1.68. The van der Waals surface area contributed by atoms with Gasteiger partial charge in [0.1, 0.15) is 4.90 Å². The number of nitrogen functional groups attached to an aromatic ring is 1. The molecule has 1 aromatic heterocycles. The fraction of sp³-hybridized carbons (Fsp3) is 0.500. The molecule has 0 saturated heterocycles. The summed E-state index contributed by atoms with van der Waals surface area (Å²) in [6.07, 6.45) is 4.24. The number of nitrogens with one attached hydrogen (secondary N) is 1. The molecular formula is C10H14N6O2S. The molecule has 1 fully saturated rings. The first-order valence-electron chi connectivity index (χ1n) is 5.77. The Morgan fingerprint density at radius 1 is 1.47 bits per heavy atom. The van der Waals surface area contributed by atoms with Crippen molar-refractivity contribution in [1.82, 2.24) is 14.3 Å². The van der Waals surface area contributed by atoms with Crippen molar-refractivity contribution in [3.05, 3.63) is 12.4 Å². The smallest absolute Gasteiger partial charge is 0.246 e. The predicted molar refractivity (Wildman–Crippen MR) is 67.0 cm³/mol. The Labute approximate surface area is 111 Å². The van der Waals surface area contributed by atoms with E-state index in [4.69, 9.17) is 11.1 Å². The van der Waals surface area contributed by atoms with Crippen LogP contribution in [-0.2, 0) is 10.0 Å². The fourth-order valence-corrected chi connectivity index (χ4v) is 3.26. The third-order valence-corrected chi connectivity index (χ3v) is 4.67. The third kappa shape index (κ3) is 2.98. The molecule has 0 spiro atoms. The highest BCUT2D eigenvalue weighted by atomic mass is 32.2. The molecule has 0 aromatic carbocycles. The van der Waals surface area contributed by atoms with Crippen LogP contribution in [-0.4, -0.2) is 35.3 Å². The van der Waals surface area contributed by atoms with Gasteiger partial charge >= 0.3 is 0 Å². The molecule has 1 aliphatic carbocycles. The topological polar surface area (TPSA) is 125 Å². The summed E-state index contributed by atoms with van der Waals surface area (Å²) in [5.41, 5.74) is 2.23. The van der Waals surface area contributed by atoms with Crippen LogP contribution in [0.5, 0.6) is 0 Å². The van der Waals surface area contributed by atoms with E-state index >= 15 is 0 Å². The Morgan fingerprint density at radius 2 is 2.11 bits per heavy atom. The van der Waals surface area contributed by atoms with Crippen LogP contribution in [0.2, 0.25) is 0 Å². The van der Waals surface area contributed by atoms with Crippen LogP contribution in [0.3, 0.4) is 0 Å². The van der Waals surface area contributed by atoms with Crippen molar-refractivity contribution in [1.29, 1.82) is 5.26 Å². The van der Waals surface area contributed by atoms with Crippen molar-refractivity contribution in [3.63, 3.8) is 0 Å². The summed E-state index contributed by atoms with van der Waals surface area (Å²) in [6, 6.07) is 1.95. The van der Waals surface area contributed by atoms with Gasteiger partial charge in [-0.15, -0.1) is 0 Å². The number of hydrogen-bond acceptors (Lipinski definition) is 7. The van der Waals surface area contributed by atoms with Gasteiger partial charge in [0, 0.05) is 19.0 Å². The van der Waals surface area contributed by atoms with Crippen molar-refractivity contribution in [3.8, 4) is 6.07 Å². The molecule has 9 heteroatoms.